The summed E-state index contributed by atoms with van der Waals surface area (Å²) in [6.07, 6.45) is 2.39. The van der Waals surface area contributed by atoms with Crippen molar-refractivity contribution < 1.29 is 5.11 Å². The third-order valence-electron chi connectivity index (χ3n) is 3.42. The van der Waals surface area contributed by atoms with E-state index in [9.17, 15) is 4.79 Å². The van der Waals surface area contributed by atoms with Gasteiger partial charge in [0.25, 0.3) is 5.56 Å². The molecule has 0 radical (unpaired) electrons. The van der Waals surface area contributed by atoms with E-state index in [0.29, 0.717) is 6.54 Å². The number of thiophene rings is 1. The number of aliphatic hydroxyl groups excluding tert-OH is 1. The molecule has 5 nitrogen and oxygen atoms in total. The van der Waals surface area contributed by atoms with Crippen molar-refractivity contribution in [3.05, 3.63) is 28.1 Å². The molecule has 0 amide bonds. The van der Waals surface area contributed by atoms with Gasteiger partial charge in [-0.3, -0.25) is 9.36 Å². The molecular formula is C16H25N3O2S. The lowest BCUT2D eigenvalue weighted by molar-refractivity contribution is 0.167. The van der Waals surface area contributed by atoms with Gasteiger partial charge in [-0.15, -0.1) is 11.3 Å². The van der Waals surface area contributed by atoms with Crippen molar-refractivity contribution in [1.82, 2.24) is 14.5 Å². The molecule has 6 heteroatoms. The summed E-state index contributed by atoms with van der Waals surface area (Å²) < 4.78 is 2.41. The summed E-state index contributed by atoms with van der Waals surface area (Å²) in [5.41, 5.74) is 1.01. The van der Waals surface area contributed by atoms with Gasteiger partial charge in [0.15, 0.2) is 0 Å². The molecule has 2 rings (SSSR count). The van der Waals surface area contributed by atoms with Gasteiger partial charge < -0.3 is 10.0 Å². The van der Waals surface area contributed by atoms with Gasteiger partial charge in [-0.05, 0) is 23.3 Å². The molecule has 0 aliphatic rings. The van der Waals surface area contributed by atoms with E-state index in [1.165, 1.54) is 11.3 Å². The maximum atomic E-state index is 12.4. The summed E-state index contributed by atoms with van der Waals surface area (Å²) >= 11 is 1.44. The SMILES string of the molecule is CC(C)(C)CN(CCCO)CCn1cnc2ccsc2c1=O. The monoisotopic (exact) mass is 323 g/mol. The maximum absolute atomic E-state index is 12.4. The van der Waals surface area contributed by atoms with Gasteiger partial charge >= 0.3 is 0 Å². The number of aromatic nitrogens is 2. The first-order valence-corrected chi connectivity index (χ1v) is 8.54. The third kappa shape index (κ3) is 4.63. The van der Waals surface area contributed by atoms with Crippen molar-refractivity contribution in [2.45, 2.75) is 33.7 Å². The molecular weight excluding hydrogens is 298 g/mol. The molecule has 2 aromatic heterocycles. The molecule has 122 valence electrons. The van der Waals surface area contributed by atoms with Gasteiger partial charge in [0.2, 0.25) is 0 Å². The Morgan fingerprint density at radius 2 is 2.14 bits per heavy atom. The van der Waals surface area contributed by atoms with Crippen LogP contribution >= 0.6 is 11.3 Å². The first-order chi connectivity index (χ1) is 10.4. The Morgan fingerprint density at radius 3 is 2.82 bits per heavy atom. The average molecular weight is 323 g/mol. The fraction of sp³-hybridized carbons (Fsp3) is 0.625. The zero-order valence-electron chi connectivity index (χ0n) is 13.6. The fourth-order valence-electron chi connectivity index (χ4n) is 2.52. The molecule has 0 unspecified atom stereocenters. The lowest BCUT2D eigenvalue weighted by Gasteiger charge is -2.30. The molecule has 0 saturated heterocycles. The quantitative estimate of drug-likeness (QED) is 0.848. The molecule has 0 aliphatic heterocycles. The largest absolute Gasteiger partial charge is 0.396 e. The molecule has 0 spiro atoms. The lowest BCUT2D eigenvalue weighted by atomic mass is 9.96. The van der Waals surface area contributed by atoms with E-state index < -0.39 is 0 Å². The second kappa shape index (κ2) is 7.35. The Labute approximate surface area is 135 Å². The molecule has 0 atom stereocenters. The van der Waals surface area contributed by atoms with Gasteiger partial charge in [-0.2, -0.15) is 0 Å². The van der Waals surface area contributed by atoms with Gasteiger partial charge in [0, 0.05) is 32.8 Å². The van der Waals surface area contributed by atoms with E-state index in [0.717, 1.165) is 36.3 Å². The van der Waals surface area contributed by atoms with Crippen molar-refractivity contribution in [2.24, 2.45) is 5.41 Å². The van der Waals surface area contributed by atoms with Crippen molar-refractivity contribution in [3.63, 3.8) is 0 Å². The molecule has 0 aliphatic carbocycles. The normalized spacial score (nSPS) is 12.4. The van der Waals surface area contributed by atoms with E-state index in [1.807, 2.05) is 11.4 Å². The van der Waals surface area contributed by atoms with Crippen LogP contribution in [0, 0.1) is 5.41 Å². The topological polar surface area (TPSA) is 58.4 Å². The van der Waals surface area contributed by atoms with Gasteiger partial charge in [-0.25, -0.2) is 4.98 Å². The summed E-state index contributed by atoms with van der Waals surface area (Å²) in [5, 5.41) is 10.9. The van der Waals surface area contributed by atoms with Crippen LogP contribution in [-0.4, -0.2) is 45.8 Å². The summed E-state index contributed by atoms with van der Waals surface area (Å²) in [5.74, 6) is 0. The maximum Gasteiger partial charge on any atom is 0.271 e. The zero-order valence-corrected chi connectivity index (χ0v) is 14.4. The highest BCUT2D eigenvalue weighted by molar-refractivity contribution is 7.17. The van der Waals surface area contributed by atoms with Gasteiger partial charge in [-0.1, -0.05) is 20.8 Å². The van der Waals surface area contributed by atoms with Crippen LogP contribution in [-0.2, 0) is 6.54 Å². The Hall–Kier alpha value is -1.24. The highest BCUT2D eigenvalue weighted by Crippen LogP contribution is 2.16. The minimum Gasteiger partial charge on any atom is -0.396 e. The lowest BCUT2D eigenvalue weighted by Crippen LogP contribution is -2.37. The Kier molecular flexibility index (Phi) is 5.72. The van der Waals surface area contributed by atoms with Crippen molar-refractivity contribution in [3.8, 4) is 0 Å². The minimum absolute atomic E-state index is 0.0397. The Morgan fingerprint density at radius 1 is 1.36 bits per heavy atom. The van der Waals surface area contributed by atoms with E-state index in [1.54, 1.807) is 10.9 Å². The van der Waals surface area contributed by atoms with Crippen LogP contribution in [0.3, 0.4) is 0 Å². The number of rotatable bonds is 7. The van der Waals surface area contributed by atoms with Crippen LogP contribution in [0.1, 0.15) is 27.2 Å². The Balaban J connectivity index is 2.06. The number of nitrogens with zero attached hydrogens (tertiary/aromatic N) is 3. The van der Waals surface area contributed by atoms with E-state index in [-0.39, 0.29) is 17.6 Å². The standard InChI is InChI=1S/C16H25N3O2S/c1-16(2,3)11-18(6-4-9-20)7-8-19-12-17-13-5-10-22-14(13)15(19)21/h5,10,12,20H,4,6-9,11H2,1-3H3. The zero-order chi connectivity index (χ0) is 16.2. The molecule has 2 heterocycles. The van der Waals surface area contributed by atoms with Gasteiger partial charge in [0.05, 0.1) is 11.8 Å². The molecule has 0 fully saturated rings. The highest BCUT2D eigenvalue weighted by Gasteiger charge is 2.16. The molecule has 1 N–H and O–H groups in total. The Bertz CT molecular complexity index is 657. The number of fused-ring (bicyclic) bond motifs is 1. The second-order valence-corrected chi connectivity index (χ2v) is 7.71. The van der Waals surface area contributed by atoms with Crippen LogP contribution in [0.15, 0.2) is 22.6 Å². The van der Waals surface area contributed by atoms with Crippen LogP contribution in [0.25, 0.3) is 10.2 Å². The molecule has 0 saturated carbocycles. The van der Waals surface area contributed by atoms with Crippen LogP contribution in [0.2, 0.25) is 0 Å². The van der Waals surface area contributed by atoms with E-state index in [4.69, 9.17) is 5.11 Å². The molecule has 22 heavy (non-hydrogen) atoms. The fourth-order valence-corrected chi connectivity index (χ4v) is 3.32. The number of aliphatic hydroxyl groups is 1. The van der Waals surface area contributed by atoms with Crippen molar-refractivity contribution in [2.75, 3.05) is 26.2 Å². The predicted octanol–water partition coefficient (Wildman–Crippen LogP) is 2.19. The first kappa shape index (κ1) is 17.1. The van der Waals surface area contributed by atoms with E-state index >= 15 is 0 Å². The number of hydrogen-bond acceptors (Lipinski definition) is 5. The summed E-state index contributed by atoms with van der Waals surface area (Å²) in [4.78, 5) is 19.0. The van der Waals surface area contributed by atoms with Gasteiger partial charge in [0.1, 0.15) is 4.70 Å². The molecule has 0 bridgehead atoms. The van der Waals surface area contributed by atoms with Crippen LogP contribution < -0.4 is 5.56 Å². The number of hydrogen-bond donors (Lipinski definition) is 1. The second-order valence-electron chi connectivity index (χ2n) is 6.79. The molecule has 0 aromatic carbocycles. The minimum atomic E-state index is 0.0397. The summed E-state index contributed by atoms with van der Waals surface area (Å²) in [6.45, 7) is 9.99. The van der Waals surface area contributed by atoms with E-state index in [2.05, 4.69) is 30.7 Å². The third-order valence-corrected chi connectivity index (χ3v) is 4.31. The average Bonchev–Trinajstić information content (AvgIpc) is 2.91. The highest BCUT2D eigenvalue weighted by atomic mass is 32.1. The molecule has 2 aromatic rings. The van der Waals surface area contributed by atoms with Crippen LogP contribution in [0.5, 0.6) is 0 Å². The smallest absolute Gasteiger partial charge is 0.271 e. The summed E-state index contributed by atoms with van der Waals surface area (Å²) in [6, 6.07) is 1.87. The van der Waals surface area contributed by atoms with Crippen LogP contribution in [0.4, 0.5) is 0 Å². The summed E-state index contributed by atoms with van der Waals surface area (Å²) in [7, 11) is 0. The van der Waals surface area contributed by atoms with Crippen molar-refractivity contribution in [1.29, 1.82) is 0 Å². The first-order valence-electron chi connectivity index (χ1n) is 7.66. The van der Waals surface area contributed by atoms with Crippen molar-refractivity contribution >= 4 is 21.6 Å². The predicted molar refractivity (Wildman–Crippen MR) is 91.5 cm³/mol.